The zero-order valence-corrected chi connectivity index (χ0v) is 16.8. The number of aliphatic hydroxyl groups is 2. The zero-order chi connectivity index (χ0) is 21.2. The summed E-state index contributed by atoms with van der Waals surface area (Å²) in [6, 6.07) is 12.8. The molecule has 0 spiro atoms. The number of urea groups is 1. The van der Waals surface area contributed by atoms with Gasteiger partial charge < -0.3 is 31.4 Å². The summed E-state index contributed by atoms with van der Waals surface area (Å²) in [5.41, 5.74) is 8.22. The minimum absolute atomic E-state index is 0.00647. The molecule has 0 aliphatic rings. The molecular weight excluding hydrogens is 396 g/mol. The van der Waals surface area contributed by atoms with Crippen molar-refractivity contribution in [1.29, 1.82) is 0 Å². The van der Waals surface area contributed by atoms with Crippen LogP contribution >= 0.6 is 11.6 Å². The Labute approximate surface area is 174 Å². The number of anilines is 1. The third kappa shape index (κ3) is 7.61. The fraction of sp³-hybridized carbons (Fsp3) is 0.300. The number of aliphatic hydroxyl groups excluding tert-OH is 2. The highest BCUT2D eigenvalue weighted by atomic mass is 35.5. The number of halogens is 1. The Morgan fingerprint density at radius 3 is 2.45 bits per heavy atom. The molecule has 0 bridgehead atoms. The van der Waals surface area contributed by atoms with Crippen molar-refractivity contribution < 1.29 is 19.8 Å². The topological polar surface area (TPSA) is 129 Å². The van der Waals surface area contributed by atoms with Gasteiger partial charge in [-0.2, -0.15) is 0 Å². The van der Waals surface area contributed by atoms with Crippen LogP contribution in [0.3, 0.4) is 0 Å². The molecule has 0 radical (unpaired) electrons. The Morgan fingerprint density at radius 2 is 1.86 bits per heavy atom. The normalized spacial score (nSPS) is 13.4. The first-order valence-electron chi connectivity index (χ1n) is 9.05. The molecule has 2 atom stereocenters. The molecule has 0 fully saturated rings. The van der Waals surface area contributed by atoms with Gasteiger partial charge in [0, 0.05) is 17.1 Å². The molecule has 0 aromatic heterocycles. The van der Waals surface area contributed by atoms with Gasteiger partial charge in [-0.1, -0.05) is 41.0 Å². The second kappa shape index (κ2) is 11.3. The molecule has 1 unspecified atom stereocenters. The Balaban J connectivity index is 2.09. The van der Waals surface area contributed by atoms with E-state index >= 15 is 0 Å². The van der Waals surface area contributed by atoms with Gasteiger partial charge in [0.15, 0.2) is 5.84 Å². The Kier molecular flexibility index (Phi) is 8.72. The summed E-state index contributed by atoms with van der Waals surface area (Å²) in [6.45, 7) is 1.48. The first-order chi connectivity index (χ1) is 13.9. The van der Waals surface area contributed by atoms with E-state index in [1.807, 2.05) is 12.1 Å². The van der Waals surface area contributed by atoms with Crippen molar-refractivity contribution in [3.63, 3.8) is 0 Å². The lowest BCUT2D eigenvalue weighted by Gasteiger charge is -2.19. The van der Waals surface area contributed by atoms with Gasteiger partial charge in [0.25, 0.3) is 0 Å². The maximum atomic E-state index is 12.4. The highest BCUT2D eigenvalue weighted by molar-refractivity contribution is 6.30. The number of rotatable bonds is 9. The summed E-state index contributed by atoms with van der Waals surface area (Å²) >= 11 is 5.85. The van der Waals surface area contributed by atoms with E-state index in [2.05, 4.69) is 15.8 Å². The molecule has 0 saturated carbocycles. The Bertz CT molecular complexity index is 810. The number of carbonyl (C=O) groups is 1. The average Bonchev–Trinajstić information content (AvgIpc) is 2.69. The van der Waals surface area contributed by atoms with E-state index in [9.17, 15) is 9.90 Å². The highest BCUT2D eigenvalue weighted by Crippen LogP contribution is 2.15. The zero-order valence-electron chi connectivity index (χ0n) is 16.0. The molecule has 0 heterocycles. The minimum Gasteiger partial charge on any atom is -0.393 e. The SMILES string of the molecule is CC(O)c1ccc(C[C@H](NC(=O)Nc2ccc(Cl)cc2)/C(N)=N/OCCO)cc1. The largest absolute Gasteiger partial charge is 0.393 e. The number of oxime groups is 1. The summed E-state index contributed by atoms with van der Waals surface area (Å²) in [4.78, 5) is 17.3. The maximum absolute atomic E-state index is 12.4. The molecule has 156 valence electrons. The fourth-order valence-electron chi connectivity index (χ4n) is 2.48. The molecule has 0 aliphatic carbocycles. The molecule has 0 aliphatic heterocycles. The molecule has 2 amide bonds. The quantitative estimate of drug-likeness (QED) is 0.184. The van der Waals surface area contributed by atoms with Crippen molar-refractivity contribution >= 4 is 29.2 Å². The highest BCUT2D eigenvalue weighted by Gasteiger charge is 2.18. The lowest BCUT2D eigenvalue weighted by molar-refractivity contribution is 0.0975. The van der Waals surface area contributed by atoms with Crippen LogP contribution in [-0.4, -0.2) is 41.3 Å². The van der Waals surface area contributed by atoms with Crippen LogP contribution in [0.4, 0.5) is 10.5 Å². The van der Waals surface area contributed by atoms with Crippen LogP contribution < -0.4 is 16.4 Å². The third-order valence-corrected chi connectivity index (χ3v) is 4.27. The van der Waals surface area contributed by atoms with Gasteiger partial charge in [0.2, 0.25) is 0 Å². The first kappa shape index (κ1) is 22.5. The number of nitrogens with zero attached hydrogens (tertiary/aromatic N) is 1. The molecule has 2 aromatic carbocycles. The van der Waals surface area contributed by atoms with Gasteiger partial charge in [0.05, 0.1) is 18.8 Å². The number of nitrogens with two attached hydrogens (primary N) is 1. The van der Waals surface area contributed by atoms with Crippen LogP contribution in [0.5, 0.6) is 0 Å². The second-order valence-corrected chi connectivity index (χ2v) is 6.79. The summed E-state index contributed by atoms with van der Waals surface area (Å²) in [5.74, 6) is 0.0595. The van der Waals surface area contributed by atoms with Crippen molar-refractivity contribution in [2.24, 2.45) is 10.9 Å². The van der Waals surface area contributed by atoms with Gasteiger partial charge in [-0.15, -0.1) is 0 Å². The monoisotopic (exact) mass is 420 g/mol. The van der Waals surface area contributed by atoms with Crippen molar-refractivity contribution in [3.05, 3.63) is 64.7 Å². The predicted octanol–water partition coefficient (Wildman–Crippen LogP) is 2.41. The van der Waals surface area contributed by atoms with Crippen molar-refractivity contribution in [3.8, 4) is 0 Å². The average molecular weight is 421 g/mol. The molecule has 2 aromatic rings. The van der Waals surface area contributed by atoms with Gasteiger partial charge in [0.1, 0.15) is 6.61 Å². The number of carbonyl (C=O) groups excluding carboxylic acids is 1. The van der Waals surface area contributed by atoms with E-state index in [-0.39, 0.29) is 19.0 Å². The van der Waals surface area contributed by atoms with Gasteiger partial charge in [-0.05, 0) is 42.3 Å². The Hall–Kier alpha value is -2.81. The molecule has 29 heavy (non-hydrogen) atoms. The summed E-state index contributed by atoms with van der Waals surface area (Å²) in [7, 11) is 0. The van der Waals surface area contributed by atoms with Crippen LogP contribution in [0.25, 0.3) is 0 Å². The molecule has 6 N–H and O–H groups in total. The first-order valence-corrected chi connectivity index (χ1v) is 9.43. The molecule has 0 saturated heterocycles. The molecule has 2 rings (SSSR count). The van der Waals surface area contributed by atoms with E-state index < -0.39 is 18.2 Å². The number of benzene rings is 2. The second-order valence-electron chi connectivity index (χ2n) is 6.35. The smallest absolute Gasteiger partial charge is 0.319 e. The summed E-state index contributed by atoms with van der Waals surface area (Å²) in [5, 5.41) is 28.2. The summed E-state index contributed by atoms with van der Waals surface area (Å²) < 4.78 is 0. The van der Waals surface area contributed by atoms with E-state index in [4.69, 9.17) is 27.3 Å². The number of nitrogens with one attached hydrogen (secondary N) is 2. The van der Waals surface area contributed by atoms with E-state index in [0.29, 0.717) is 17.1 Å². The van der Waals surface area contributed by atoms with Crippen LogP contribution in [0.1, 0.15) is 24.2 Å². The van der Waals surface area contributed by atoms with Crippen molar-refractivity contribution in [2.75, 3.05) is 18.5 Å². The molecule has 8 nitrogen and oxygen atoms in total. The van der Waals surface area contributed by atoms with Crippen molar-refractivity contribution in [2.45, 2.75) is 25.5 Å². The minimum atomic E-state index is -0.654. The lowest BCUT2D eigenvalue weighted by atomic mass is 10.0. The van der Waals surface area contributed by atoms with E-state index in [1.54, 1.807) is 43.3 Å². The fourth-order valence-corrected chi connectivity index (χ4v) is 2.61. The number of amidine groups is 1. The predicted molar refractivity (Wildman–Crippen MR) is 113 cm³/mol. The van der Waals surface area contributed by atoms with Crippen LogP contribution in [-0.2, 0) is 11.3 Å². The Morgan fingerprint density at radius 1 is 1.21 bits per heavy atom. The van der Waals surface area contributed by atoms with Crippen LogP contribution in [0.15, 0.2) is 53.7 Å². The number of hydrogen-bond donors (Lipinski definition) is 5. The lowest BCUT2D eigenvalue weighted by Crippen LogP contribution is -2.47. The number of amides is 2. The molecule has 9 heteroatoms. The third-order valence-electron chi connectivity index (χ3n) is 4.02. The number of hydrogen-bond acceptors (Lipinski definition) is 5. The van der Waals surface area contributed by atoms with Gasteiger partial charge in [-0.3, -0.25) is 0 Å². The summed E-state index contributed by atoms with van der Waals surface area (Å²) in [6.07, 6.45) is -0.215. The standard InChI is InChI=1S/C20H25ClN4O4/c1-13(27)15-4-2-14(3-5-15)12-18(19(22)25-29-11-10-26)24-20(28)23-17-8-6-16(21)7-9-17/h2-9,13,18,26-27H,10-12H2,1H3,(H2,22,25)(H2,23,24,28)/t13?,18-/m0/s1. The molecular formula is C20H25ClN4O4. The van der Waals surface area contributed by atoms with Gasteiger partial charge in [-0.25, -0.2) is 4.79 Å². The van der Waals surface area contributed by atoms with Crippen molar-refractivity contribution in [1.82, 2.24) is 5.32 Å². The maximum Gasteiger partial charge on any atom is 0.319 e. The van der Waals surface area contributed by atoms with Gasteiger partial charge >= 0.3 is 6.03 Å². The van der Waals surface area contributed by atoms with E-state index in [1.165, 1.54) is 0 Å². The van der Waals surface area contributed by atoms with Crippen LogP contribution in [0, 0.1) is 0 Å². The van der Waals surface area contributed by atoms with Crippen LogP contribution in [0.2, 0.25) is 5.02 Å². The van der Waals surface area contributed by atoms with E-state index in [0.717, 1.165) is 11.1 Å².